The monoisotopic (exact) mass is 269 g/mol. The van der Waals surface area contributed by atoms with Gasteiger partial charge >= 0.3 is 0 Å². The van der Waals surface area contributed by atoms with E-state index in [0.717, 1.165) is 0 Å². The lowest BCUT2D eigenvalue weighted by Gasteiger charge is -2.34. The van der Waals surface area contributed by atoms with Gasteiger partial charge in [-0.05, 0) is 18.1 Å². The van der Waals surface area contributed by atoms with Crippen LogP contribution in [0.1, 0.15) is 24.1 Å². The highest BCUT2D eigenvalue weighted by Gasteiger charge is 2.30. The highest BCUT2D eigenvalue weighted by atomic mass is 32.2. The largest absolute Gasteiger partial charge is 0.271 e. The average molecular weight is 269 g/mol. The molecule has 2 rings (SSSR count). The molecule has 1 aliphatic rings. The van der Waals surface area contributed by atoms with Crippen LogP contribution in [0.5, 0.6) is 0 Å². The summed E-state index contributed by atoms with van der Waals surface area (Å²) in [7, 11) is 0. The molecule has 0 aliphatic carbocycles. The number of aromatic nitrogens is 1. The number of nitrogens with two attached hydrogens (primary N) is 1. The lowest BCUT2D eigenvalue weighted by atomic mass is 10.0. The van der Waals surface area contributed by atoms with Gasteiger partial charge in [0.15, 0.2) is 0 Å². The minimum atomic E-state index is 0.190. The molecule has 5 heteroatoms. The third-order valence-electron chi connectivity index (χ3n) is 3.00. The van der Waals surface area contributed by atoms with Crippen molar-refractivity contribution >= 4 is 23.5 Å². The fourth-order valence-electron chi connectivity index (χ4n) is 2.14. The number of hydrazine groups is 1. The molecule has 0 spiro atoms. The molecule has 3 nitrogen and oxygen atoms in total. The smallest absolute Gasteiger partial charge is 0.0604 e. The summed E-state index contributed by atoms with van der Waals surface area (Å²) >= 11 is 4.05. The summed E-state index contributed by atoms with van der Waals surface area (Å²) in [6.07, 6.45) is 3.80. The van der Waals surface area contributed by atoms with E-state index in [1.807, 2.05) is 35.9 Å². The first kappa shape index (κ1) is 13.2. The maximum atomic E-state index is 5.75. The van der Waals surface area contributed by atoms with Crippen molar-refractivity contribution in [1.82, 2.24) is 10.4 Å². The van der Waals surface area contributed by atoms with Crippen LogP contribution < -0.4 is 11.3 Å². The minimum Gasteiger partial charge on any atom is -0.271 e. The third-order valence-corrected chi connectivity index (χ3v) is 6.20. The molecule has 3 N–H and O–H groups in total. The molecule has 1 fully saturated rings. The molecule has 0 radical (unpaired) electrons. The lowest BCUT2D eigenvalue weighted by Crippen LogP contribution is -2.41. The Labute approximate surface area is 111 Å². The molecule has 0 amide bonds. The second-order valence-corrected chi connectivity index (χ2v) is 7.12. The van der Waals surface area contributed by atoms with Crippen molar-refractivity contribution < 1.29 is 0 Å². The second-order valence-electron chi connectivity index (χ2n) is 4.35. The fraction of sp³-hybridized carbons (Fsp3) is 0.583. The van der Waals surface area contributed by atoms with E-state index in [4.69, 9.17) is 5.84 Å². The second kappa shape index (κ2) is 6.09. The first-order valence-electron chi connectivity index (χ1n) is 5.83. The van der Waals surface area contributed by atoms with Gasteiger partial charge in [-0.2, -0.15) is 23.5 Å². The Balaban J connectivity index is 2.20. The SMILES string of the molecule is Cc1cncc(C(NN)C2SCCSC2C)c1. The molecule has 1 saturated heterocycles. The zero-order valence-electron chi connectivity index (χ0n) is 10.2. The molecule has 0 bridgehead atoms. The number of hydrogen-bond donors (Lipinski definition) is 2. The Morgan fingerprint density at radius 1 is 1.41 bits per heavy atom. The van der Waals surface area contributed by atoms with Gasteiger partial charge in [-0.1, -0.05) is 13.0 Å². The normalized spacial score (nSPS) is 26.8. The molecule has 17 heavy (non-hydrogen) atoms. The quantitative estimate of drug-likeness (QED) is 0.650. The summed E-state index contributed by atoms with van der Waals surface area (Å²) in [6, 6.07) is 2.36. The van der Waals surface area contributed by atoms with Crippen LogP contribution in [0.4, 0.5) is 0 Å². The summed E-state index contributed by atoms with van der Waals surface area (Å²) in [6.45, 7) is 4.35. The molecule has 94 valence electrons. The van der Waals surface area contributed by atoms with Crippen molar-refractivity contribution in [3.63, 3.8) is 0 Å². The van der Waals surface area contributed by atoms with Crippen molar-refractivity contribution in [3.8, 4) is 0 Å². The van der Waals surface area contributed by atoms with Crippen LogP contribution in [-0.2, 0) is 0 Å². The van der Waals surface area contributed by atoms with Gasteiger partial charge in [0, 0.05) is 34.4 Å². The topological polar surface area (TPSA) is 50.9 Å². The van der Waals surface area contributed by atoms with E-state index in [0.29, 0.717) is 10.5 Å². The zero-order valence-corrected chi connectivity index (χ0v) is 11.9. The molecular formula is C12H19N3S2. The Kier molecular flexibility index (Phi) is 4.73. The Hall–Kier alpha value is -0.230. The molecule has 3 unspecified atom stereocenters. The predicted molar refractivity (Wildman–Crippen MR) is 77.2 cm³/mol. The van der Waals surface area contributed by atoms with E-state index in [1.165, 1.54) is 22.6 Å². The van der Waals surface area contributed by atoms with Gasteiger partial charge in [0.25, 0.3) is 0 Å². The maximum absolute atomic E-state index is 5.75. The van der Waals surface area contributed by atoms with Crippen molar-refractivity contribution in [3.05, 3.63) is 29.6 Å². The Bertz CT molecular complexity index is 373. The molecule has 2 heterocycles. The summed E-state index contributed by atoms with van der Waals surface area (Å²) < 4.78 is 0. The van der Waals surface area contributed by atoms with E-state index in [1.54, 1.807) is 0 Å². The molecule has 0 aromatic carbocycles. The van der Waals surface area contributed by atoms with Gasteiger partial charge in [0.2, 0.25) is 0 Å². The van der Waals surface area contributed by atoms with Gasteiger partial charge in [0.1, 0.15) is 0 Å². The third kappa shape index (κ3) is 3.16. The van der Waals surface area contributed by atoms with Crippen molar-refractivity contribution in [1.29, 1.82) is 0 Å². The highest BCUT2D eigenvalue weighted by molar-refractivity contribution is 8.07. The number of pyridine rings is 1. The van der Waals surface area contributed by atoms with E-state index >= 15 is 0 Å². The van der Waals surface area contributed by atoms with Crippen LogP contribution in [0, 0.1) is 6.92 Å². The summed E-state index contributed by atoms with van der Waals surface area (Å²) in [5.74, 6) is 8.19. The minimum absolute atomic E-state index is 0.190. The van der Waals surface area contributed by atoms with Crippen molar-refractivity contribution in [2.75, 3.05) is 11.5 Å². The zero-order chi connectivity index (χ0) is 12.3. The van der Waals surface area contributed by atoms with E-state index in [-0.39, 0.29) is 6.04 Å². The van der Waals surface area contributed by atoms with E-state index in [9.17, 15) is 0 Å². The molecule has 3 atom stereocenters. The van der Waals surface area contributed by atoms with Crippen LogP contribution >= 0.6 is 23.5 Å². The van der Waals surface area contributed by atoms with Crippen LogP contribution in [0.15, 0.2) is 18.5 Å². The number of nitrogens with one attached hydrogen (secondary N) is 1. The summed E-state index contributed by atoms with van der Waals surface area (Å²) in [5, 5.41) is 1.14. The Morgan fingerprint density at radius 3 is 2.82 bits per heavy atom. The molecular weight excluding hydrogens is 250 g/mol. The van der Waals surface area contributed by atoms with Gasteiger partial charge in [-0.3, -0.25) is 16.3 Å². The van der Waals surface area contributed by atoms with Gasteiger partial charge in [-0.25, -0.2) is 0 Å². The number of rotatable bonds is 3. The van der Waals surface area contributed by atoms with Gasteiger partial charge in [-0.15, -0.1) is 0 Å². The summed E-state index contributed by atoms with van der Waals surface area (Å²) in [4.78, 5) is 4.26. The molecule has 1 aliphatic heterocycles. The van der Waals surface area contributed by atoms with Crippen molar-refractivity contribution in [2.24, 2.45) is 5.84 Å². The Morgan fingerprint density at radius 2 is 2.18 bits per heavy atom. The fourth-order valence-corrected chi connectivity index (χ4v) is 5.08. The van der Waals surface area contributed by atoms with Crippen LogP contribution in [0.3, 0.4) is 0 Å². The molecule has 1 aromatic heterocycles. The average Bonchev–Trinajstić information content (AvgIpc) is 2.33. The van der Waals surface area contributed by atoms with Gasteiger partial charge in [0.05, 0.1) is 6.04 Å². The van der Waals surface area contributed by atoms with E-state index in [2.05, 4.69) is 30.3 Å². The van der Waals surface area contributed by atoms with E-state index < -0.39 is 0 Å². The maximum Gasteiger partial charge on any atom is 0.0604 e. The summed E-state index contributed by atoms with van der Waals surface area (Å²) in [5.41, 5.74) is 5.35. The molecule has 1 aromatic rings. The number of aryl methyl sites for hydroxylation is 1. The first-order valence-corrected chi connectivity index (χ1v) is 7.93. The number of thioether (sulfide) groups is 2. The highest BCUT2D eigenvalue weighted by Crippen LogP contribution is 2.38. The van der Waals surface area contributed by atoms with Gasteiger partial charge < -0.3 is 0 Å². The van der Waals surface area contributed by atoms with Crippen molar-refractivity contribution in [2.45, 2.75) is 30.4 Å². The van der Waals surface area contributed by atoms with Crippen LogP contribution in [0.2, 0.25) is 0 Å². The molecule has 0 saturated carbocycles. The lowest BCUT2D eigenvalue weighted by molar-refractivity contribution is 0.525. The van der Waals surface area contributed by atoms with Crippen LogP contribution in [0.25, 0.3) is 0 Å². The number of nitrogens with zero attached hydrogens (tertiary/aromatic N) is 1. The number of hydrogen-bond acceptors (Lipinski definition) is 5. The van der Waals surface area contributed by atoms with Crippen LogP contribution in [-0.4, -0.2) is 27.0 Å². The standard InChI is InChI=1S/C12H19N3S2/c1-8-5-10(7-14-6-8)11(15-13)12-9(2)16-3-4-17-12/h5-7,9,11-12,15H,3-4,13H2,1-2H3. The predicted octanol–water partition coefficient (Wildman–Crippen LogP) is 2.13. The first-order chi connectivity index (χ1) is 8.22.